The second-order valence-corrected chi connectivity index (χ2v) is 13.8. The summed E-state index contributed by atoms with van der Waals surface area (Å²) in [7, 11) is 3.91. The Morgan fingerprint density at radius 1 is 1.24 bits per heavy atom. The third kappa shape index (κ3) is 8.95. The average Bonchev–Trinajstić information content (AvgIpc) is 3.63. The minimum Gasteiger partial charge on any atom is -0.425 e. The third-order valence-corrected chi connectivity index (χ3v) is 10.4. The minimum absolute atomic E-state index is 0.0240. The summed E-state index contributed by atoms with van der Waals surface area (Å²) in [5.74, 6) is -1.19. The van der Waals surface area contributed by atoms with E-state index in [0.29, 0.717) is 39.6 Å². The Bertz CT molecular complexity index is 1410. The molecule has 15 nitrogen and oxygen atoms in total. The molecule has 18 heteroatoms. The Kier molecular flexibility index (Phi) is 12.2. The number of carbonyl (C=O) groups is 4. The number of thioether (sulfide) groups is 2. The van der Waals surface area contributed by atoms with Gasteiger partial charge in [0.15, 0.2) is 5.13 Å². The van der Waals surface area contributed by atoms with Gasteiger partial charge in [0.25, 0.3) is 5.91 Å². The van der Waals surface area contributed by atoms with Gasteiger partial charge >= 0.3 is 11.9 Å². The highest BCUT2D eigenvalue weighted by atomic mass is 32.2. The van der Waals surface area contributed by atoms with Crippen molar-refractivity contribution in [1.82, 2.24) is 40.3 Å². The van der Waals surface area contributed by atoms with Gasteiger partial charge in [-0.25, -0.2) is 14.5 Å². The lowest BCUT2D eigenvalue weighted by Crippen LogP contribution is -2.70. The van der Waals surface area contributed by atoms with Crippen LogP contribution in [0.3, 0.4) is 0 Å². The van der Waals surface area contributed by atoms with Gasteiger partial charge in [-0.3, -0.25) is 19.3 Å². The smallest absolute Gasteiger partial charge is 0.358 e. The van der Waals surface area contributed by atoms with Gasteiger partial charge in [0, 0.05) is 36.8 Å². The molecule has 3 atom stereocenters. The monoisotopic (exact) mass is 681 g/mol. The molecule has 2 aliphatic rings. The molecule has 0 saturated carbocycles. The molecular weight excluding hydrogens is 643 g/mol. The lowest BCUT2D eigenvalue weighted by Gasteiger charge is -2.49. The lowest BCUT2D eigenvalue weighted by atomic mass is 10.00. The molecule has 2 amide bonds. The average molecular weight is 682 g/mol. The van der Waals surface area contributed by atoms with Crippen LogP contribution >= 0.6 is 34.9 Å². The van der Waals surface area contributed by atoms with Crippen LogP contribution in [0.4, 0.5) is 5.13 Å². The number of ether oxygens (including phenoxy) is 2. The van der Waals surface area contributed by atoms with Gasteiger partial charge in [-0.1, -0.05) is 38.5 Å². The lowest BCUT2D eigenvalue weighted by molar-refractivity contribution is -0.184. The molecule has 1 saturated heterocycles. The molecule has 4 rings (SSSR count). The maximum atomic E-state index is 13.6. The van der Waals surface area contributed by atoms with Gasteiger partial charge in [0.1, 0.15) is 17.1 Å². The van der Waals surface area contributed by atoms with Crippen LogP contribution in [-0.2, 0) is 41.6 Å². The number of nitrogens with zero attached hydrogens (tertiary/aromatic N) is 7. The van der Waals surface area contributed by atoms with Crippen LogP contribution in [0, 0.1) is 5.92 Å². The zero-order valence-electron chi connectivity index (χ0n) is 25.9. The molecule has 4 heterocycles. The van der Waals surface area contributed by atoms with E-state index in [1.165, 1.54) is 46.7 Å². The molecule has 0 radical (unpaired) electrons. The van der Waals surface area contributed by atoms with Crippen molar-refractivity contribution in [3.8, 4) is 0 Å². The summed E-state index contributed by atoms with van der Waals surface area (Å²) in [5.41, 5.74) is 6.89. The fraction of sp³-hybridized carbons (Fsp3) is 0.630. The fourth-order valence-corrected chi connectivity index (χ4v) is 7.69. The van der Waals surface area contributed by atoms with Crippen LogP contribution in [0.15, 0.2) is 21.8 Å². The van der Waals surface area contributed by atoms with Crippen molar-refractivity contribution in [2.24, 2.45) is 5.92 Å². The van der Waals surface area contributed by atoms with Gasteiger partial charge in [-0.05, 0) is 36.0 Å². The fourth-order valence-electron chi connectivity index (χ4n) is 4.74. The number of thiazole rings is 1. The Morgan fingerprint density at radius 2 is 2.00 bits per heavy atom. The normalized spacial score (nSPS) is 18.6. The molecule has 0 bridgehead atoms. The molecule has 2 aromatic rings. The number of nitrogen functional groups attached to an aromatic ring is 1. The van der Waals surface area contributed by atoms with E-state index in [1.807, 2.05) is 32.8 Å². The number of amides is 2. The predicted octanol–water partition coefficient (Wildman–Crippen LogP) is 1.52. The van der Waals surface area contributed by atoms with E-state index >= 15 is 0 Å². The van der Waals surface area contributed by atoms with Crippen LogP contribution in [-0.4, -0.2) is 109 Å². The van der Waals surface area contributed by atoms with E-state index in [9.17, 15) is 19.2 Å². The third-order valence-electron chi connectivity index (χ3n) is 7.28. The van der Waals surface area contributed by atoms with Crippen LogP contribution in [0.25, 0.3) is 0 Å². The molecular formula is C27H39N9O6S3. The van der Waals surface area contributed by atoms with Gasteiger partial charge in [-0.2, -0.15) is 0 Å². The number of rotatable bonds is 16. The highest BCUT2D eigenvalue weighted by molar-refractivity contribution is 8.01. The number of likely N-dealkylation sites (N-methyl/N-ethyl adjacent to an activating group) is 1. The first-order valence-electron chi connectivity index (χ1n) is 14.6. The summed E-state index contributed by atoms with van der Waals surface area (Å²) in [6, 6.07) is -0.830. The Morgan fingerprint density at radius 3 is 2.67 bits per heavy atom. The highest BCUT2D eigenvalue weighted by Crippen LogP contribution is 2.42. The number of β-lactam (4-membered cyclic amide) rings is 1. The molecule has 3 N–H and O–H groups in total. The van der Waals surface area contributed by atoms with Crippen molar-refractivity contribution in [3.05, 3.63) is 22.3 Å². The summed E-state index contributed by atoms with van der Waals surface area (Å²) in [6.45, 7) is 6.79. The van der Waals surface area contributed by atoms with Gasteiger partial charge in [-0.15, -0.1) is 28.2 Å². The van der Waals surface area contributed by atoms with Gasteiger partial charge in [0.05, 0.1) is 18.7 Å². The zero-order chi connectivity index (χ0) is 32.7. The SMILES string of the molecule is CCC(CC)CC(=O)OC(C)OC(=O)C1=C(CSc2nnnn2CCN(C)C)CS[C@@H]2[C@H](NC(=O)Cc3csc(N)n3)C(=O)N12. The van der Waals surface area contributed by atoms with Crippen molar-refractivity contribution in [1.29, 1.82) is 0 Å². The van der Waals surface area contributed by atoms with Crippen molar-refractivity contribution in [3.63, 3.8) is 0 Å². The molecule has 1 fully saturated rings. The maximum absolute atomic E-state index is 13.6. The number of fused-ring (bicyclic) bond motifs is 1. The Hall–Kier alpha value is -3.22. The van der Waals surface area contributed by atoms with E-state index < -0.39 is 35.6 Å². The molecule has 2 aliphatic heterocycles. The van der Waals surface area contributed by atoms with E-state index in [-0.39, 0.29) is 30.4 Å². The van der Waals surface area contributed by atoms with E-state index in [0.717, 1.165) is 19.4 Å². The maximum Gasteiger partial charge on any atom is 0.358 e. The van der Waals surface area contributed by atoms with Crippen LogP contribution in [0.1, 0.15) is 45.7 Å². The van der Waals surface area contributed by atoms with Crippen molar-refractivity contribution in [2.75, 3.05) is 37.9 Å². The summed E-state index contributed by atoms with van der Waals surface area (Å²) < 4.78 is 12.6. The highest BCUT2D eigenvalue weighted by Gasteiger charge is 2.54. The standard InChI is InChI=1S/C27H39N9O6S3/c1-6-16(7-2)10-20(38)41-15(3)42-25(40)22-17(13-45-27-31-32-33-35(27)9-8-34(4)5)12-43-24-21(23(39)36(22)24)30-19(37)11-18-14-44-26(28)29-18/h14-16,21,24H,6-13H2,1-5H3,(H2,28,29)(H,30,37)/t15?,21-,24-/m1/s1. The van der Waals surface area contributed by atoms with Gasteiger partial charge in [0.2, 0.25) is 17.4 Å². The number of hydrogen-bond donors (Lipinski definition) is 2. The first-order chi connectivity index (χ1) is 21.5. The molecule has 0 aromatic carbocycles. The summed E-state index contributed by atoms with van der Waals surface area (Å²) >= 11 is 4.00. The first kappa shape index (κ1) is 34.6. The molecule has 2 aromatic heterocycles. The van der Waals surface area contributed by atoms with Crippen LogP contribution in [0.5, 0.6) is 0 Å². The molecule has 0 spiro atoms. The Balaban J connectivity index is 1.48. The number of carbonyl (C=O) groups excluding carboxylic acids is 4. The quantitative estimate of drug-likeness (QED) is 0.112. The van der Waals surface area contributed by atoms with E-state index in [1.54, 1.807) is 10.1 Å². The molecule has 1 unspecified atom stereocenters. The Labute approximate surface area is 274 Å². The van der Waals surface area contributed by atoms with E-state index in [4.69, 9.17) is 15.2 Å². The number of hydrogen-bond acceptors (Lipinski definition) is 15. The summed E-state index contributed by atoms with van der Waals surface area (Å²) in [4.78, 5) is 59.7. The van der Waals surface area contributed by atoms with E-state index in [2.05, 4.69) is 25.8 Å². The first-order valence-corrected chi connectivity index (χ1v) is 17.5. The number of nitrogens with two attached hydrogens (primary N) is 1. The number of tetrazole rings is 1. The number of nitrogens with one attached hydrogen (secondary N) is 1. The van der Waals surface area contributed by atoms with Gasteiger partial charge < -0.3 is 25.4 Å². The summed E-state index contributed by atoms with van der Waals surface area (Å²) in [5, 5.41) is 16.8. The van der Waals surface area contributed by atoms with Crippen molar-refractivity contribution >= 4 is 63.7 Å². The minimum atomic E-state index is -1.16. The second kappa shape index (κ2) is 15.9. The summed E-state index contributed by atoms with van der Waals surface area (Å²) in [6.07, 6.45) is 0.698. The largest absolute Gasteiger partial charge is 0.425 e. The van der Waals surface area contributed by atoms with Crippen molar-refractivity contribution in [2.45, 2.75) is 75.9 Å². The number of anilines is 1. The van der Waals surface area contributed by atoms with Crippen LogP contribution in [0.2, 0.25) is 0 Å². The number of aromatic nitrogens is 5. The van der Waals surface area contributed by atoms with Crippen molar-refractivity contribution < 1.29 is 28.7 Å². The molecule has 246 valence electrons. The predicted molar refractivity (Wildman–Crippen MR) is 170 cm³/mol. The second-order valence-electron chi connectivity index (χ2n) is 10.9. The van der Waals surface area contributed by atoms with Crippen LogP contribution < -0.4 is 11.1 Å². The zero-order valence-corrected chi connectivity index (χ0v) is 28.4. The topological polar surface area (TPSA) is 188 Å². The molecule has 0 aliphatic carbocycles. The number of esters is 2. The molecule has 45 heavy (non-hydrogen) atoms.